The van der Waals surface area contributed by atoms with Crippen LogP contribution in [0.15, 0.2) is 18.2 Å². The molecule has 2 nitrogen and oxygen atoms in total. The highest BCUT2D eigenvalue weighted by atomic mass is 19.4. The molecule has 0 fully saturated rings. The van der Waals surface area contributed by atoms with E-state index in [4.69, 9.17) is 10.5 Å². The maximum Gasteiger partial charge on any atom is 0.416 e. The standard InChI is InChI=1S/C12H16F3NO/c1-2-3-6-17-10-5-4-9(8-16)11(7-10)12(13,14)15/h4-5,7H,2-3,6,8,16H2,1H3. The zero-order chi connectivity index (χ0) is 12.9. The number of unbranched alkanes of at least 4 members (excludes halogenated alkanes) is 1. The molecule has 0 unspecified atom stereocenters. The second-order valence-electron chi connectivity index (χ2n) is 3.72. The molecule has 0 atom stereocenters. The Labute approximate surface area is 98.6 Å². The maximum absolute atomic E-state index is 12.7. The van der Waals surface area contributed by atoms with E-state index in [0.717, 1.165) is 18.9 Å². The summed E-state index contributed by atoms with van der Waals surface area (Å²) in [6, 6.07) is 3.90. The fraction of sp³-hybridized carbons (Fsp3) is 0.500. The van der Waals surface area contributed by atoms with E-state index in [-0.39, 0.29) is 17.9 Å². The van der Waals surface area contributed by atoms with Gasteiger partial charge in [-0.05, 0) is 24.1 Å². The van der Waals surface area contributed by atoms with Gasteiger partial charge in [0.2, 0.25) is 0 Å². The molecule has 0 aliphatic rings. The van der Waals surface area contributed by atoms with Gasteiger partial charge < -0.3 is 10.5 Å². The van der Waals surface area contributed by atoms with Gasteiger partial charge in [-0.1, -0.05) is 19.4 Å². The summed E-state index contributed by atoms with van der Waals surface area (Å²) in [7, 11) is 0. The molecular weight excluding hydrogens is 231 g/mol. The molecule has 1 rings (SSSR count). The summed E-state index contributed by atoms with van der Waals surface area (Å²) in [5.41, 5.74) is 4.65. The highest BCUT2D eigenvalue weighted by molar-refractivity contribution is 5.37. The van der Waals surface area contributed by atoms with Crippen LogP contribution in [0.3, 0.4) is 0 Å². The van der Waals surface area contributed by atoms with Gasteiger partial charge in [0.1, 0.15) is 5.75 Å². The van der Waals surface area contributed by atoms with Crippen LogP contribution in [0.25, 0.3) is 0 Å². The van der Waals surface area contributed by atoms with Gasteiger partial charge in [0.15, 0.2) is 0 Å². The quantitative estimate of drug-likeness (QED) is 0.810. The Morgan fingerprint density at radius 1 is 1.29 bits per heavy atom. The summed E-state index contributed by atoms with van der Waals surface area (Å²) in [6.45, 7) is 2.28. The molecule has 0 radical (unpaired) electrons. The van der Waals surface area contributed by atoms with Crippen LogP contribution in [0.1, 0.15) is 30.9 Å². The van der Waals surface area contributed by atoms with E-state index in [1.165, 1.54) is 12.1 Å². The summed E-state index contributed by atoms with van der Waals surface area (Å²) in [5, 5.41) is 0. The van der Waals surface area contributed by atoms with Crippen molar-refractivity contribution >= 4 is 0 Å². The van der Waals surface area contributed by atoms with E-state index in [9.17, 15) is 13.2 Å². The van der Waals surface area contributed by atoms with Gasteiger partial charge in [-0.25, -0.2) is 0 Å². The van der Waals surface area contributed by atoms with Gasteiger partial charge in [-0.2, -0.15) is 13.2 Å². The molecule has 1 aromatic rings. The van der Waals surface area contributed by atoms with Crippen LogP contribution in [0.4, 0.5) is 13.2 Å². The minimum atomic E-state index is -4.39. The Hall–Kier alpha value is -1.23. The SMILES string of the molecule is CCCCOc1ccc(CN)c(C(F)(F)F)c1. The highest BCUT2D eigenvalue weighted by Gasteiger charge is 2.33. The van der Waals surface area contributed by atoms with Crippen molar-refractivity contribution in [3.05, 3.63) is 29.3 Å². The highest BCUT2D eigenvalue weighted by Crippen LogP contribution is 2.34. The van der Waals surface area contributed by atoms with E-state index >= 15 is 0 Å². The molecular formula is C12H16F3NO. The van der Waals surface area contributed by atoms with Crippen LogP contribution in [0.2, 0.25) is 0 Å². The smallest absolute Gasteiger partial charge is 0.416 e. The lowest BCUT2D eigenvalue weighted by atomic mass is 10.1. The number of ether oxygens (including phenoxy) is 1. The van der Waals surface area contributed by atoms with Crippen molar-refractivity contribution in [3.63, 3.8) is 0 Å². The average Bonchev–Trinajstić information content (AvgIpc) is 2.28. The molecule has 0 saturated carbocycles. The fourth-order valence-electron chi connectivity index (χ4n) is 1.42. The first-order valence-electron chi connectivity index (χ1n) is 5.52. The Bertz CT molecular complexity index is 363. The number of halogens is 3. The van der Waals surface area contributed by atoms with Crippen LogP contribution in [0.5, 0.6) is 5.75 Å². The lowest BCUT2D eigenvalue weighted by Gasteiger charge is -2.14. The number of hydrogen-bond donors (Lipinski definition) is 1. The molecule has 0 heterocycles. The molecule has 17 heavy (non-hydrogen) atoms. The van der Waals surface area contributed by atoms with Crippen molar-refractivity contribution in [2.45, 2.75) is 32.5 Å². The molecule has 0 aliphatic heterocycles. The number of nitrogens with two attached hydrogens (primary N) is 1. The third-order valence-electron chi connectivity index (χ3n) is 2.37. The second kappa shape index (κ2) is 5.91. The van der Waals surface area contributed by atoms with Gasteiger partial charge in [-0.3, -0.25) is 0 Å². The summed E-state index contributed by atoms with van der Waals surface area (Å²) >= 11 is 0. The van der Waals surface area contributed by atoms with Crippen LogP contribution in [-0.2, 0) is 12.7 Å². The lowest BCUT2D eigenvalue weighted by Crippen LogP contribution is -2.12. The van der Waals surface area contributed by atoms with Gasteiger partial charge in [0.05, 0.1) is 12.2 Å². The van der Waals surface area contributed by atoms with Crippen LogP contribution >= 0.6 is 0 Å². The zero-order valence-corrected chi connectivity index (χ0v) is 9.68. The molecule has 2 N–H and O–H groups in total. The Kier molecular flexibility index (Phi) is 4.81. The average molecular weight is 247 g/mol. The fourth-order valence-corrected chi connectivity index (χ4v) is 1.42. The number of benzene rings is 1. The normalized spacial score (nSPS) is 11.6. The molecule has 5 heteroatoms. The predicted molar refractivity (Wildman–Crippen MR) is 59.7 cm³/mol. The molecule has 0 aliphatic carbocycles. The summed E-state index contributed by atoms with van der Waals surface area (Å²) in [4.78, 5) is 0. The predicted octanol–water partition coefficient (Wildman–Crippen LogP) is 3.34. The van der Waals surface area contributed by atoms with E-state index in [1.54, 1.807) is 0 Å². The first-order chi connectivity index (χ1) is 7.99. The first-order valence-corrected chi connectivity index (χ1v) is 5.52. The zero-order valence-electron chi connectivity index (χ0n) is 9.68. The molecule has 96 valence electrons. The van der Waals surface area contributed by atoms with E-state index in [0.29, 0.717) is 6.61 Å². The molecule has 1 aromatic carbocycles. The maximum atomic E-state index is 12.7. The Morgan fingerprint density at radius 3 is 2.53 bits per heavy atom. The first kappa shape index (κ1) is 13.8. The number of rotatable bonds is 5. The molecule has 0 amide bonds. The molecule has 0 aromatic heterocycles. The second-order valence-corrected chi connectivity index (χ2v) is 3.72. The topological polar surface area (TPSA) is 35.2 Å². The van der Waals surface area contributed by atoms with E-state index in [2.05, 4.69) is 0 Å². The van der Waals surface area contributed by atoms with Crippen molar-refractivity contribution in [1.29, 1.82) is 0 Å². The molecule has 0 spiro atoms. The van der Waals surface area contributed by atoms with Crippen molar-refractivity contribution in [2.75, 3.05) is 6.61 Å². The van der Waals surface area contributed by atoms with E-state index < -0.39 is 11.7 Å². The van der Waals surface area contributed by atoms with Gasteiger partial charge in [0.25, 0.3) is 0 Å². The van der Waals surface area contributed by atoms with E-state index in [1.807, 2.05) is 6.92 Å². The van der Waals surface area contributed by atoms with Crippen LogP contribution in [0, 0.1) is 0 Å². The Balaban J connectivity index is 2.89. The lowest BCUT2D eigenvalue weighted by molar-refractivity contribution is -0.138. The third kappa shape index (κ3) is 3.93. The Morgan fingerprint density at radius 2 is 2.00 bits per heavy atom. The summed E-state index contributed by atoms with van der Waals surface area (Å²) in [6.07, 6.45) is -2.63. The number of hydrogen-bond acceptors (Lipinski definition) is 2. The van der Waals surface area contributed by atoms with Crippen LogP contribution < -0.4 is 10.5 Å². The summed E-state index contributed by atoms with van der Waals surface area (Å²) in [5.74, 6) is 0.239. The minimum Gasteiger partial charge on any atom is -0.494 e. The minimum absolute atomic E-state index is 0.0836. The van der Waals surface area contributed by atoms with Gasteiger partial charge >= 0.3 is 6.18 Å². The third-order valence-corrected chi connectivity index (χ3v) is 2.37. The molecule has 0 saturated heterocycles. The van der Waals surface area contributed by atoms with Crippen molar-refractivity contribution in [2.24, 2.45) is 5.73 Å². The van der Waals surface area contributed by atoms with Crippen molar-refractivity contribution < 1.29 is 17.9 Å². The van der Waals surface area contributed by atoms with Gasteiger partial charge in [0, 0.05) is 6.54 Å². The van der Waals surface area contributed by atoms with Crippen molar-refractivity contribution in [3.8, 4) is 5.75 Å². The van der Waals surface area contributed by atoms with Gasteiger partial charge in [-0.15, -0.1) is 0 Å². The largest absolute Gasteiger partial charge is 0.494 e. The van der Waals surface area contributed by atoms with Crippen LogP contribution in [-0.4, -0.2) is 6.61 Å². The molecule has 0 bridgehead atoms. The monoisotopic (exact) mass is 247 g/mol. The van der Waals surface area contributed by atoms with Crippen molar-refractivity contribution in [1.82, 2.24) is 0 Å². The number of alkyl halides is 3. The summed E-state index contributed by atoms with van der Waals surface area (Å²) < 4.78 is 43.3.